The lowest BCUT2D eigenvalue weighted by molar-refractivity contribution is -0.109. The van der Waals surface area contributed by atoms with Gasteiger partial charge >= 0.3 is 0 Å². The van der Waals surface area contributed by atoms with Gasteiger partial charge in [0.05, 0.1) is 18.3 Å². The van der Waals surface area contributed by atoms with Crippen LogP contribution < -0.4 is 19.9 Å². The van der Waals surface area contributed by atoms with Crippen LogP contribution >= 0.6 is 0 Å². The van der Waals surface area contributed by atoms with Crippen LogP contribution in [-0.4, -0.2) is 55.6 Å². The van der Waals surface area contributed by atoms with E-state index in [0.717, 1.165) is 71.0 Å². The maximum Gasteiger partial charge on any atom is 0.152 e. The summed E-state index contributed by atoms with van der Waals surface area (Å²) < 4.78 is 5.65. The van der Waals surface area contributed by atoms with E-state index in [0.29, 0.717) is 6.54 Å². The topological polar surface area (TPSA) is 73.5 Å². The van der Waals surface area contributed by atoms with Crippen LogP contribution in [0.4, 0.5) is 17.3 Å². The van der Waals surface area contributed by atoms with Crippen molar-refractivity contribution in [3.8, 4) is 5.75 Å². The van der Waals surface area contributed by atoms with Crippen molar-refractivity contribution >= 4 is 34.5 Å². The van der Waals surface area contributed by atoms with E-state index < -0.39 is 0 Å². The first-order valence-corrected chi connectivity index (χ1v) is 10.8. The number of carbonyl (C=O) groups is 1. The number of rotatable bonds is 6. The van der Waals surface area contributed by atoms with Crippen LogP contribution in [0.3, 0.4) is 0 Å². The van der Waals surface area contributed by atoms with Gasteiger partial charge in [-0.3, -0.25) is 0 Å². The molecule has 4 rings (SSSR count). The van der Waals surface area contributed by atoms with Crippen molar-refractivity contribution in [1.29, 1.82) is 0 Å². The fraction of sp³-hybridized carbons (Fsp3) is 0.417. The van der Waals surface area contributed by atoms with Gasteiger partial charge in [0, 0.05) is 43.3 Å². The highest BCUT2D eigenvalue weighted by molar-refractivity contribution is 5.93. The van der Waals surface area contributed by atoms with Crippen LogP contribution in [0.2, 0.25) is 0 Å². The Morgan fingerprint density at radius 1 is 1.26 bits per heavy atom. The summed E-state index contributed by atoms with van der Waals surface area (Å²) >= 11 is 0. The molecule has 3 heterocycles. The largest absolute Gasteiger partial charge is 0.496 e. The van der Waals surface area contributed by atoms with Crippen molar-refractivity contribution < 1.29 is 9.53 Å². The number of fused-ring (bicyclic) bond motifs is 1. The fourth-order valence-electron chi connectivity index (χ4n) is 4.65. The van der Waals surface area contributed by atoms with E-state index in [1.54, 1.807) is 13.3 Å². The second kappa shape index (κ2) is 8.49. The zero-order valence-corrected chi connectivity index (χ0v) is 19.0. The van der Waals surface area contributed by atoms with E-state index >= 15 is 0 Å². The van der Waals surface area contributed by atoms with Crippen LogP contribution in [0.1, 0.15) is 23.6 Å². The molecule has 0 radical (unpaired) electrons. The predicted octanol–water partition coefficient (Wildman–Crippen LogP) is 3.82. The summed E-state index contributed by atoms with van der Waals surface area (Å²) in [4.78, 5) is 24.6. The van der Waals surface area contributed by atoms with Gasteiger partial charge in [-0.1, -0.05) is 0 Å². The number of aromatic nitrogens is 2. The van der Waals surface area contributed by atoms with Crippen LogP contribution in [0.5, 0.6) is 5.75 Å². The Balaban J connectivity index is 1.66. The quantitative estimate of drug-likeness (QED) is 0.590. The van der Waals surface area contributed by atoms with Gasteiger partial charge in [-0.2, -0.15) is 0 Å². The number of pyridine rings is 1. The first-order chi connectivity index (χ1) is 15.0. The Bertz CT molecular complexity index is 1110. The molecule has 1 aromatic carbocycles. The molecule has 164 valence electrons. The van der Waals surface area contributed by atoms with Crippen LogP contribution in [0.15, 0.2) is 24.4 Å². The number of ether oxygens (including phenoxy) is 1. The Labute approximate surface area is 183 Å². The Kier molecular flexibility index (Phi) is 5.76. The third-order valence-corrected chi connectivity index (χ3v) is 6.37. The predicted molar refractivity (Wildman–Crippen MR) is 127 cm³/mol. The van der Waals surface area contributed by atoms with E-state index in [-0.39, 0.29) is 6.04 Å². The number of H-pyrrole nitrogens is 1. The number of piperazine rings is 1. The lowest BCUT2D eigenvalue weighted by Gasteiger charge is -2.40. The molecule has 1 atom stereocenters. The monoisotopic (exact) mass is 421 g/mol. The van der Waals surface area contributed by atoms with Crippen LogP contribution in [-0.2, 0) is 4.79 Å². The van der Waals surface area contributed by atoms with Gasteiger partial charge in [0.15, 0.2) is 5.82 Å². The lowest BCUT2D eigenvalue weighted by atomic mass is 10.0. The van der Waals surface area contributed by atoms with Gasteiger partial charge in [0.25, 0.3) is 0 Å². The lowest BCUT2D eigenvalue weighted by Crippen LogP contribution is -2.54. The van der Waals surface area contributed by atoms with Crippen molar-refractivity contribution in [3.05, 3.63) is 41.1 Å². The Hall–Kier alpha value is -3.22. The Morgan fingerprint density at radius 2 is 2.06 bits per heavy atom. The highest BCUT2D eigenvalue weighted by Crippen LogP contribution is 2.37. The third-order valence-electron chi connectivity index (χ3n) is 6.37. The molecule has 2 N–H and O–H groups in total. The number of methoxy groups -OCH3 is 1. The molecule has 1 aliphatic rings. The summed E-state index contributed by atoms with van der Waals surface area (Å²) in [6, 6.07) is 5.85. The Morgan fingerprint density at radius 3 is 2.77 bits per heavy atom. The van der Waals surface area contributed by atoms with Crippen molar-refractivity contribution in [2.24, 2.45) is 0 Å². The van der Waals surface area contributed by atoms with Gasteiger partial charge in [0.1, 0.15) is 23.9 Å². The van der Waals surface area contributed by atoms with Crippen molar-refractivity contribution in [3.63, 3.8) is 0 Å². The van der Waals surface area contributed by atoms with E-state index in [2.05, 4.69) is 58.8 Å². The number of nitrogens with zero attached hydrogens (tertiary/aromatic N) is 3. The molecular weight excluding hydrogens is 390 g/mol. The number of benzene rings is 1. The highest BCUT2D eigenvalue weighted by atomic mass is 16.5. The summed E-state index contributed by atoms with van der Waals surface area (Å²) in [5, 5.41) is 4.51. The van der Waals surface area contributed by atoms with E-state index in [4.69, 9.17) is 4.74 Å². The van der Waals surface area contributed by atoms with Crippen molar-refractivity contribution in [2.75, 3.05) is 48.4 Å². The summed E-state index contributed by atoms with van der Waals surface area (Å²) in [5.74, 6) is 2.80. The minimum atomic E-state index is -0.262. The van der Waals surface area contributed by atoms with Gasteiger partial charge in [-0.25, -0.2) is 4.98 Å². The molecule has 7 heteroatoms. The number of hydrogen-bond donors (Lipinski definition) is 2. The van der Waals surface area contributed by atoms with Gasteiger partial charge < -0.3 is 29.6 Å². The van der Waals surface area contributed by atoms with Crippen LogP contribution in [0.25, 0.3) is 10.9 Å². The standard InChI is InChI=1S/C24H31N5O2/c1-6-25-20-8-7-9-26-24(20)28-10-11-29(18(13-28)14-30)21-12-19-17(4)23(31-5)16(3)15(2)22(19)27-21/h7-9,12,14,18,25,27H,6,10-11,13H2,1-5H3. The van der Waals surface area contributed by atoms with Gasteiger partial charge in [0.2, 0.25) is 0 Å². The average Bonchev–Trinajstić information content (AvgIpc) is 3.24. The van der Waals surface area contributed by atoms with Gasteiger partial charge in [-0.05, 0) is 57.0 Å². The average molecular weight is 422 g/mol. The smallest absolute Gasteiger partial charge is 0.152 e. The zero-order chi connectivity index (χ0) is 22.1. The second-order valence-corrected chi connectivity index (χ2v) is 8.10. The molecule has 0 spiro atoms. The molecule has 1 aliphatic heterocycles. The molecule has 31 heavy (non-hydrogen) atoms. The third kappa shape index (κ3) is 3.58. The minimum absolute atomic E-state index is 0.262. The number of nitrogens with one attached hydrogen (secondary N) is 2. The number of anilines is 3. The van der Waals surface area contributed by atoms with Crippen molar-refractivity contribution in [1.82, 2.24) is 9.97 Å². The van der Waals surface area contributed by atoms with Gasteiger partial charge in [-0.15, -0.1) is 0 Å². The summed E-state index contributed by atoms with van der Waals surface area (Å²) in [6.45, 7) is 11.3. The number of hydrogen-bond acceptors (Lipinski definition) is 6. The number of carbonyl (C=O) groups excluding carboxylic acids is 1. The molecule has 1 unspecified atom stereocenters. The molecule has 2 aromatic heterocycles. The van der Waals surface area contributed by atoms with E-state index in [9.17, 15) is 4.79 Å². The molecule has 0 saturated carbocycles. The van der Waals surface area contributed by atoms with E-state index in [1.807, 2.05) is 12.1 Å². The molecule has 0 bridgehead atoms. The summed E-state index contributed by atoms with van der Waals surface area (Å²) in [7, 11) is 1.72. The number of aldehydes is 1. The van der Waals surface area contributed by atoms with Crippen molar-refractivity contribution in [2.45, 2.75) is 33.7 Å². The first kappa shape index (κ1) is 21.0. The van der Waals surface area contributed by atoms with Crippen LogP contribution in [0, 0.1) is 20.8 Å². The summed E-state index contributed by atoms with van der Waals surface area (Å²) in [5.41, 5.74) is 5.55. The molecule has 3 aromatic rings. The molecule has 1 fully saturated rings. The maximum atomic E-state index is 12.1. The zero-order valence-electron chi connectivity index (χ0n) is 19.0. The molecular formula is C24H31N5O2. The molecule has 1 saturated heterocycles. The molecule has 0 amide bonds. The normalized spacial score (nSPS) is 16.6. The molecule has 7 nitrogen and oxygen atoms in total. The minimum Gasteiger partial charge on any atom is -0.496 e. The molecule has 0 aliphatic carbocycles. The second-order valence-electron chi connectivity index (χ2n) is 8.10. The van der Waals surface area contributed by atoms with E-state index in [1.165, 1.54) is 5.56 Å². The first-order valence-electron chi connectivity index (χ1n) is 10.8. The maximum absolute atomic E-state index is 12.1. The number of aromatic amines is 1. The summed E-state index contributed by atoms with van der Waals surface area (Å²) in [6.07, 6.45) is 2.84. The number of aryl methyl sites for hydroxylation is 2. The highest BCUT2D eigenvalue weighted by Gasteiger charge is 2.30. The fourth-order valence-corrected chi connectivity index (χ4v) is 4.65. The SMILES string of the molecule is CCNc1cccnc1N1CCN(c2cc3c(C)c(OC)c(C)c(C)c3[nH]2)C(C=O)C1.